The lowest BCUT2D eigenvalue weighted by molar-refractivity contribution is 0.485. The number of rotatable bonds is 5. The number of benzene rings is 2. The molecule has 0 saturated carbocycles. The van der Waals surface area contributed by atoms with Crippen molar-refractivity contribution in [2.45, 2.75) is 0 Å². The van der Waals surface area contributed by atoms with Crippen LogP contribution in [0.4, 0.5) is 5.69 Å². The van der Waals surface area contributed by atoms with E-state index in [4.69, 9.17) is 27.9 Å². The molecule has 0 aromatic heterocycles. The van der Waals surface area contributed by atoms with Crippen LogP contribution < -0.4 is 9.46 Å². The van der Waals surface area contributed by atoms with Crippen LogP contribution in [0.15, 0.2) is 48.5 Å². The molecule has 0 heterocycles. The van der Waals surface area contributed by atoms with Crippen molar-refractivity contribution in [1.29, 1.82) is 0 Å². The summed E-state index contributed by atoms with van der Waals surface area (Å²) in [4.78, 5) is 0. The molecule has 0 aliphatic rings. The number of nitrogens with one attached hydrogen (secondary N) is 1. The molecule has 4 nitrogen and oxygen atoms in total. The molecule has 20 heavy (non-hydrogen) atoms. The SMILES string of the molecule is O=S(=O)(CCl)Nc1cc(Cl)ccc1Oc1ccccc1. The number of hydrogen-bond donors (Lipinski definition) is 1. The predicted molar refractivity (Wildman–Crippen MR) is 81.2 cm³/mol. The normalized spacial score (nSPS) is 11.1. The minimum atomic E-state index is -3.63. The molecule has 0 bridgehead atoms. The molecule has 0 amide bonds. The van der Waals surface area contributed by atoms with E-state index in [1.807, 2.05) is 18.2 Å². The maximum atomic E-state index is 11.5. The molecule has 2 rings (SSSR count). The molecule has 0 aliphatic carbocycles. The number of hydrogen-bond acceptors (Lipinski definition) is 3. The first-order chi connectivity index (χ1) is 9.50. The lowest BCUT2D eigenvalue weighted by Crippen LogP contribution is -2.14. The molecule has 0 fully saturated rings. The van der Waals surface area contributed by atoms with Crippen molar-refractivity contribution < 1.29 is 13.2 Å². The third kappa shape index (κ3) is 4.03. The minimum absolute atomic E-state index is 0.238. The summed E-state index contributed by atoms with van der Waals surface area (Å²) in [6, 6.07) is 13.7. The van der Waals surface area contributed by atoms with Crippen molar-refractivity contribution in [2.24, 2.45) is 0 Å². The van der Waals surface area contributed by atoms with E-state index in [1.165, 1.54) is 6.07 Å². The van der Waals surface area contributed by atoms with Crippen LogP contribution >= 0.6 is 23.2 Å². The Balaban J connectivity index is 2.33. The van der Waals surface area contributed by atoms with E-state index in [2.05, 4.69) is 4.72 Å². The Morgan fingerprint density at radius 2 is 1.80 bits per heavy atom. The Labute approximate surface area is 127 Å². The minimum Gasteiger partial charge on any atom is -0.455 e. The summed E-state index contributed by atoms with van der Waals surface area (Å²) in [6.07, 6.45) is 0. The van der Waals surface area contributed by atoms with Gasteiger partial charge in [0.05, 0.1) is 5.69 Å². The molecule has 0 aliphatic heterocycles. The number of anilines is 1. The van der Waals surface area contributed by atoms with Gasteiger partial charge >= 0.3 is 0 Å². The quantitative estimate of drug-likeness (QED) is 0.840. The van der Waals surface area contributed by atoms with E-state index in [-0.39, 0.29) is 5.69 Å². The van der Waals surface area contributed by atoms with Crippen molar-refractivity contribution in [1.82, 2.24) is 0 Å². The van der Waals surface area contributed by atoms with Gasteiger partial charge < -0.3 is 4.74 Å². The molecule has 0 radical (unpaired) electrons. The standard InChI is InChI=1S/C13H11Cl2NO3S/c14-9-20(17,18)16-12-8-10(15)6-7-13(12)19-11-4-2-1-3-5-11/h1-8,16H,9H2. The van der Waals surface area contributed by atoms with Crippen LogP contribution in [-0.4, -0.2) is 13.6 Å². The van der Waals surface area contributed by atoms with Crippen LogP contribution in [0.5, 0.6) is 11.5 Å². The summed E-state index contributed by atoms with van der Waals surface area (Å²) in [5.74, 6) is 0.926. The molecule has 0 unspecified atom stereocenters. The van der Waals surface area contributed by atoms with Crippen LogP contribution in [0.1, 0.15) is 0 Å². The van der Waals surface area contributed by atoms with Gasteiger partial charge in [0.15, 0.2) is 5.75 Å². The highest BCUT2D eigenvalue weighted by molar-refractivity contribution is 7.93. The monoisotopic (exact) mass is 331 g/mol. The Bertz CT molecular complexity index is 690. The first kappa shape index (κ1) is 15.0. The summed E-state index contributed by atoms with van der Waals surface area (Å²) >= 11 is 11.2. The molecule has 0 atom stereocenters. The molecule has 1 N–H and O–H groups in total. The van der Waals surface area contributed by atoms with Gasteiger partial charge in [0.25, 0.3) is 0 Å². The van der Waals surface area contributed by atoms with Crippen LogP contribution in [-0.2, 0) is 10.0 Å². The second-order valence-electron chi connectivity index (χ2n) is 3.88. The van der Waals surface area contributed by atoms with Crippen LogP contribution in [0.2, 0.25) is 5.02 Å². The summed E-state index contributed by atoms with van der Waals surface area (Å²) in [5.41, 5.74) is 0.238. The topological polar surface area (TPSA) is 55.4 Å². The highest BCUT2D eigenvalue weighted by atomic mass is 35.5. The average molecular weight is 332 g/mol. The summed E-state index contributed by atoms with van der Waals surface area (Å²) in [6.45, 7) is 0. The fourth-order valence-corrected chi connectivity index (χ4v) is 2.37. The Morgan fingerprint density at radius 3 is 2.45 bits per heavy atom. The Kier molecular flexibility index (Phi) is 4.75. The highest BCUT2D eigenvalue weighted by Crippen LogP contribution is 2.32. The maximum Gasteiger partial charge on any atom is 0.246 e. The van der Waals surface area contributed by atoms with E-state index in [0.29, 0.717) is 16.5 Å². The fourth-order valence-electron chi connectivity index (χ4n) is 1.48. The number of alkyl halides is 1. The first-order valence-electron chi connectivity index (χ1n) is 5.59. The molecule has 0 spiro atoms. The molecule has 2 aromatic carbocycles. The zero-order chi connectivity index (χ0) is 14.6. The van der Waals surface area contributed by atoms with E-state index in [1.54, 1.807) is 24.3 Å². The fraction of sp³-hybridized carbons (Fsp3) is 0.0769. The van der Waals surface area contributed by atoms with Gasteiger partial charge in [0.1, 0.15) is 11.0 Å². The molecule has 106 valence electrons. The number of ether oxygens (including phenoxy) is 1. The third-order valence-corrected chi connectivity index (χ3v) is 4.24. The number of sulfonamides is 1. The zero-order valence-electron chi connectivity index (χ0n) is 10.2. The lowest BCUT2D eigenvalue weighted by atomic mass is 10.3. The average Bonchev–Trinajstić information content (AvgIpc) is 2.43. The van der Waals surface area contributed by atoms with Gasteiger partial charge in [0, 0.05) is 5.02 Å². The van der Waals surface area contributed by atoms with E-state index >= 15 is 0 Å². The van der Waals surface area contributed by atoms with E-state index in [9.17, 15) is 8.42 Å². The second kappa shape index (κ2) is 6.35. The van der Waals surface area contributed by atoms with Gasteiger partial charge in [-0.1, -0.05) is 29.8 Å². The van der Waals surface area contributed by atoms with Gasteiger partial charge in [-0.2, -0.15) is 0 Å². The van der Waals surface area contributed by atoms with Crippen LogP contribution in [0.3, 0.4) is 0 Å². The second-order valence-corrected chi connectivity index (χ2v) is 6.62. The van der Waals surface area contributed by atoms with E-state index in [0.717, 1.165) is 0 Å². The van der Waals surface area contributed by atoms with Crippen LogP contribution in [0, 0.1) is 0 Å². The summed E-state index contributed by atoms with van der Waals surface area (Å²) in [5, 5.41) is -0.165. The van der Waals surface area contributed by atoms with Crippen LogP contribution in [0.25, 0.3) is 0 Å². The van der Waals surface area contributed by atoms with Crippen molar-refractivity contribution in [3.05, 3.63) is 53.6 Å². The van der Waals surface area contributed by atoms with Gasteiger partial charge in [0.2, 0.25) is 10.0 Å². The third-order valence-electron chi connectivity index (χ3n) is 2.32. The molecular weight excluding hydrogens is 321 g/mol. The van der Waals surface area contributed by atoms with Gasteiger partial charge in [-0.3, -0.25) is 4.72 Å². The predicted octanol–water partition coefficient (Wildman–Crippen LogP) is 4.07. The van der Waals surface area contributed by atoms with Crippen molar-refractivity contribution >= 4 is 38.9 Å². The zero-order valence-corrected chi connectivity index (χ0v) is 12.5. The molecule has 0 saturated heterocycles. The summed E-state index contributed by atoms with van der Waals surface area (Å²) < 4.78 is 31.0. The largest absolute Gasteiger partial charge is 0.455 e. The Hall–Kier alpha value is -1.43. The summed E-state index contributed by atoms with van der Waals surface area (Å²) in [7, 11) is -3.63. The smallest absolute Gasteiger partial charge is 0.246 e. The van der Waals surface area contributed by atoms with Gasteiger partial charge in [-0.05, 0) is 30.3 Å². The number of halogens is 2. The molecule has 7 heteroatoms. The first-order valence-corrected chi connectivity index (χ1v) is 8.15. The van der Waals surface area contributed by atoms with Crippen molar-refractivity contribution in [3.63, 3.8) is 0 Å². The number of para-hydroxylation sites is 1. The lowest BCUT2D eigenvalue weighted by Gasteiger charge is -2.12. The molecule has 2 aromatic rings. The van der Waals surface area contributed by atoms with Crippen molar-refractivity contribution in [2.75, 3.05) is 9.93 Å². The highest BCUT2D eigenvalue weighted by Gasteiger charge is 2.13. The van der Waals surface area contributed by atoms with E-state index < -0.39 is 15.2 Å². The molecular formula is C13H11Cl2NO3S. The maximum absolute atomic E-state index is 11.5. The van der Waals surface area contributed by atoms with Gasteiger partial charge in [-0.15, -0.1) is 11.6 Å². The van der Waals surface area contributed by atoms with Crippen molar-refractivity contribution in [3.8, 4) is 11.5 Å². The van der Waals surface area contributed by atoms with Gasteiger partial charge in [-0.25, -0.2) is 8.42 Å². The Morgan fingerprint density at radius 1 is 1.10 bits per heavy atom.